The van der Waals surface area contributed by atoms with E-state index in [-0.39, 0.29) is 6.09 Å². The van der Waals surface area contributed by atoms with Gasteiger partial charge in [-0.25, -0.2) is 4.79 Å². The molecule has 0 aromatic heterocycles. The number of benzene rings is 3. The lowest BCUT2D eigenvalue weighted by atomic mass is 9.90. The fourth-order valence-corrected chi connectivity index (χ4v) is 4.46. The number of amides is 1. The van der Waals surface area contributed by atoms with Crippen molar-refractivity contribution in [2.45, 2.75) is 32.1 Å². The number of methoxy groups -OCH3 is 2. The van der Waals surface area contributed by atoms with Gasteiger partial charge in [-0.05, 0) is 79.0 Å². The van der Waals surface area contributed by atoms with Gasteiger partial charge < -0.3 is 19.1 Å². The van der Waals surface area contributed by atoms with E-state index < -0.39 is 0 Å². The largest absolute Gasteiger partial charge is 0.497 e. The van der Waals surface area contributed by atoms with Gasteiger partial charge >= 0.3 is 6.09 Å². The van der Waals surface area contributed by atoms with E-state index in [0.29, 0.717) is 11.7 Å². The van der Waals surface area contributed by atoms with Crippen LogP contribution in [0.25, 0.3) is 0 Å². The van der Waals surface area contributed by atoms with E-state index in [1.54, 1.807) is 14.2 Å². The van der Waals surface area contributed by atoms with Gasteiger partial charge in [-0.2, -0.15) is 0 Å². The fraction of sp³-hybridized carbons (Fsp3) is 0.345. The van der Waals surface area contributed by atoms with E-state index in [1.165, 1.54) is 11.1 Å². The van der Waals surface area contributed by atoms with Crippen LogP contribution in [0.3, 0.4) is 0 Å². The average molecular weight is 460 g/mol. The quantitative estimate of drug-likeness (QED) is 0.418. The zero-order valence-electron chi connectivity index (χ0n) is 20.0. The molecule has 3 aromatic rings. The molecular formula is C29H33NO4. The molecule has 178 valence electrons. The molecule has 1 fully saturated rings. The maximum absolute atomic E-state index is 12.6. The standard InChI is InChI=1S/C29H33NO4/c1-32-27-19-25(20-28(21-27)33-2)9-8-22-10-12-26(13-11-22)34-29(31)30-16-14-24(15-17-30)18-23-6-4-3-5-7-23/h3-7,10-13,19-21,24H,8-9,14-18H2,1-2H3. The third-order valence-corrected chi connectivity index (χ3v) is 6.48. The number of likely N-dealkylation sites (tertiary alicyclic amines) is 1. The summed E-state index contributed by atoms with van der Waals surface area (Å²) in [5, 5.41) is 0. The molecule has 5 heteroatoms. The fourth-order valence-electron chi connectivity index (χ4n) is 4.46. The van der Waals surface area contributed by atoms with Crippen LogP contribution in [0.5, 0.6) is 17.2 Å². The second-order valence-electron chi connectivity index (χ2n) is 8.85. The van der Waals surface area contributed by atoms with Crippen molar-refractivity contribution in [2.24, 2.45) is 5.92 Å². The van der Waals surface area contributed by atoms with E-state index in [1.807, 2.05) is 53.4 Å². The normalized spacial score (nSPS) is 14.0. The van der Waals surface area contributed by atoms with Gasteiger partial charge in [0.2, 0.25) is 0 Å². The Labute approximate surface area is 202 Å². The Balaban J connectivity index is 1.24. The van der Waals surface area contributed by atoms with Crippen LogP contribution < -0.4 is 14.2 Å². The number of piperidine rings is 1. The zero-order chi connectivity index (χ0) is 23.8. The predicted octanol–water partition coefficient (Wildman–Crippen LogP) is 5.94. The minimum Gasteiger partial charge on any atom is -0.497 e. The Bertz CT molecular complexity index is 1030. The smallest absolute Gasteiger partial charge is 0.415 e. The van der Waals surface area contributed by atoms with Crippen LogP contribution in [0.1, 0.15) is 29.5 Å². The molecule has 0 spiro atoms. The molecule has 0 atom stereocenters. The number of carbonyl (C=O) groups excluding carboxylic acids is 1. The van der Waals surface area contributed by atoms with E-state index in [9.17, 15) is 4.79 Å². The first-order chi connectivity index (χ1) is 16.6. The van der Waals surface area contributed by atoms with E-state index >= 15 is 0 Å². The van der Waals surface area contributed by atoms with Crippen LogP contribution in [0.4, 0.5) is 4.79 Å². The summed E-state index contributed by atoms with van der Waals surface area (Å²) >= 11 is 0. The first-order valence-corrected chi connectivity index (χ1v) is 11.9. The van der Waals surface area contributed by atoms with Crippen molar-refractivity contribution in [3.8, 4) is 17.2 Å². The van der Waals surface area contributed by atoms with Gasteiger partial charge in [0, 0.05) is 19.2 Å². The Morgan fingerprint density at radius 3 is 2.00 bits per heavy atom. The second kappa shape index (κ2) is 11.6. The van der Waals surface area contributed by atoms with Crippen molar-refractivity contribution in [2.75, 3.05) is 27.3 Å². The lowest BCUT2D eigenvalue weighted by Gasteiger charge is -2.31. The average Bonchev–Trinajstić information content (AvgIpc) is 2.89. The van der Waals surface area contributed by atoms with Crippen molar-refractivity contribution >= 4 is 6.09 Å². The number of ether oxygens (including phenoxy) is 3. The number of hydrogen-bond acceptors (Lipinski definition) is 4. The van der Waals surface area contributed by atoms with Crippen LogP contribution in [-0.2, 0) is 19.3 Å². The highest BCUT2D eigenvalue weighted by molar-refractivity contribution is 5.70. The molecular weight excluding hydrogens is 426 g/mol. The summed E-state index contributed by atoms with van der Waals surface area (Å²) in [4.78, 5) is 14.5. The molecule has 4 rings (SSSR count). The molecule has 0 N–H and O–H groups in total. The SMILES string of the molecule is COc1cc(CCc2ccc(OC(=O)N3CCC(Cc4ccccc4)CC3)cc2)cc(OC)c1. The highest BCUT2D eigenvalue weighted by Gasteiger charge is 2.24. The lowest BCUT2D eigenvalue weighted by molar-refractivity contribution is 0.131. The van der Waals surface area contributed by atoms with Crippen LogP contribution in [0.15, 0.2) is 72.8 Å². The van der Waals surface area contributed by atoms with E-state index in [2.05, 4.69) is 24.3 Å². The summed E-state index contributed by atoms with van der Waals surface area (Å²) in [6, 6.07) is 24.3. The Morgan fingerprint density at radius 2 is 1.38 bits per heavy atom. The van der Waals surface area contributed by atoms with Gasteiger partial charge in [0.15, 0.2) is 0 Å². The first kappa shape index (κ1) is 23.7. The summed E-state index contributed by atoms with van der Waals surface area (Å²) in [5.74, 6) is 2.79. The maximum Gasteiger partial charge on any atom is 0.415 e. The van der Waals surface area contributed by atoms with E-state index in [0.717, 1.165) is 62.3 Å². The van der Waals surface area contributed by atoms with Gasteiger partial charge in [-0.15, -0.1) is 0 Å². The molecule has 1 saturated heterocycles. The third kappa shape index (κ3) is 6.53. The lowest BCUT2D eigenvalue weighted by Crippen LogP contribution is -2.40. The van der Waals surface area contributed by atoms with Crippen LogP contribution >= 0.6 is 0 Å². The van der Waals surface area contributed by atoms with Crippen molar-refractivity contribution in [1.29, 1.82) is 0 Å². The van der Waals surface area contributed by atoms with Crippen LogP contribution in [0, 0.1) is 5.92 Å². The number of nitrogens with zero attached hydrogens (tertiary/aromatic N) is 1. The van der Waals surface area contributed by atoms with Crippen molar-refractivity contribution in [3.05, 3.63) is 89.5 Å². The zero-order valence-corrected chi connectivity index (χ0v) is 20.0. The Kier molecular flexibility index (Phi) is 8.08. The molecule has 1 aliphatic rings. The van der Waals surface area contributed by atoms with Crippen LogP contribution in [-0.4, -0.2) is 38.3 Å². The molecule has 34 heavy (non-hydrogen) atoms. The monoisotopic (exact) mass is 459 g/mol. The highest BCUT2D eigenvalue weighted by Crippen LogP contribution is 2.25. The van der Waals surface area contributed by atoms with Crippen molar-refractivity contribution < 1.29 is 19.0 Å². The van der Waals surface area contributed by atoms with Crippen molar-refractivity contribution in [3.63, 3.8) is 0 Å². The predicted molar refractivity (Wildman–Crippen MR) is 134 cm³/mol. The molecule has 0 bridgehead atoms. The molecule has 3 aromatic carbocycles. The molecule has 1 amide bonds. The topological polar surface area (TPSA) is 48.0 Å². The molecule has 0 aliphatic carbocycles. The van der Waals surface area contributed by atoms with Gasteiger partial charge in [-0.1, -0.05) is 42.5 Å². The minimum absolute atomic E-state index is 0.255. The summed E-state index contributed by atoms with van der Waals surface area (Å²) < 4.78 is 16.3. The Hall–Kier alpha value is -3.47. The summed E-state index contributed by atoms with van der Waals surface area (Å²) in [5.41, 5.74) is 3.71. The third-order valence-electron chi connectivity index (χ3n) is 6.48. The number of hydrogen-bond donors (Lipinski definition) is 0. The van der Waals surface area contributed by atoms with Crippen LogP contribution in [0.2, 0.25) is 0 Å². The summed E-state index contributed by atoms with van der Waals surface area (Å²) in [6.45, 7) is 1.50. The highest BCUT2D eigenvalue weighted by atomic mass is 16.6. The molecule has 5 nitrogen and oxygen atoms in total. The number of rotatable bonds is 8. The van der Waals surface area contributed by atoms with Gasteiger partial charge in [0.25, 0.3) is 0 Å². The Morgan fingerprint density at radius 1 is 0.765 bits per heavy atom. The molecule has 0 radical (unpaired) electrons. The van der Waals surface area contributed by atoms with E-state index in [4.69, 9.17) is 14.2 Å². The van der Waals surface area contributed by atoms with Crippen molar-refractivity contribution in [1.82, 2.24) is 4.90 Å². The molecule has 1 aliphatic heterocycles. The van der Waals surface area contributed by atoms with Gasteiger partial charge in [0.05, 0.1) is 14.2 Å². The molecule has 0 unspecified atom stereocenters. The summed E-state index contributed by atoms with van der Waals surface area (Å²) in [7, 11) is 3.32. The first-order valence-electron chi connectivity index (χ1n) is 11.9. The molecule has 0 saturated carbocycles. The second-order valence-corrected chi connectivity index (χ2v) is 8.85. The maximum atomic E-state index is 12.6. The number of aryl methyl sites for hydroxylation is 2. The minimum atomic E-state index is -0.255. The summed E-state index contributed by atoms with van der Waals surface area (Å²) in [6.07, 6.45) is 4.59. The number of carbonyl (C=O) groups is 1. The van der Waals surface area contributed by atoms with Gasteiger partial charge in [-0.3, -0.25) is 0 Å². The van der Waals surface area contributed by atoms with Gasteiger partial charge in [0.1, 0.15) is 17.2 Å². The molecule has 1 heterocycles.